The van der Waals surface area contributed by atoms with Crippen LogP contribution in [-0.4, -0.2) is 19.7 Å². The van der Waals surface area contributed by atoms with Crippen LogP contribution in [-0.2, 0) is 13.5 Å². The predicted octanol–water partition coefficient (Wildman–Crippen LogP) is 1.23. The third-order valence-corrected chi connectivity index (χ3v) is 3.92. The molecule has 0 saturated heterocycles. The van der Waals surface area contributed by atoms with Gasteiger partial charge in [-0.1, -0.05) is 6.07 Å². The molecule has 0 bridgehead atoms. The Morgan fingerprint density at radius 3 is 3.10 bits per heavy atom. The fourth-order valence-corrected chi connectivity index (χ4v) is 2.93. The van der Waals surface area contributed by atoms with Crippen LogP contribution < -0.4 is 10.9 Å². The minimum absolute atomic E-state index is 0.0225. The van der Waals surface area contributed by atoms with Crippen LogP contribution in [0, 0.1) is 0 Å². The summed E-state index contributed by atoms with van der Waals surface area (Å²) in [6, 6.07) is 3.91. The molecule has 2 aromatic rings. The molecule has 1 aliphatic carbocycles. The van der Waals surface area contributed by atoms with Gasteiger partial charge in [0.25, 0.3) is 0 Å². The van der Waals surface area contributed by atoms with Crippen molar-refractivity contribution in [3.05, 3.63) is 45.9 Å². The van der Waals surface area contributed by atoms with Crippen LogP contribution in [0.25, 0.3) is 0 Å². The van der Waals surface area contributed by atoms with Gasteiger partial charge >= 0.3 is 0 Å². The summed E-state index contributed by atoms with van der Waals surface area (Å²) in [7, 11) is 1.94. The van der Waals surface area contributed by atoms with Crippen molar-refractivity contribution in [3.63, 3.8) is 0 Å². The lowest BCUT2D eigenvalue weighted by atomic mass is 9.91. The number of nitrogens with zero attached hydrogens (tertiary/aromatic N) is 3. The van der Waals surface area contributed by atoms with Crippen molar-refractivity contribution >= 4 is 0 Å². The van der Waals surface area contributed by atoms with Gasteiger partial charge in [-0.2, -0.15) is 0 Å². The summed E-state index contributed by atoms with van der Waals surface area (Å²) in [6.07, 6.45) is 4.80. The maximum atomic E-state index is 11.4. The number of aryl methyl sites for hydroxylation is 2. The number of H-pyrrole nitrogens is 1. The Hall–Kier alpha value is -1.95. The standard InChI is InChI=1S/C14H19N5O/c1-9(14-18-15-8-19(14)2)16-11-4-3-5-12-10(11)6-7-13(20)17-12/h6-9,11,16H,3-5H2,1-2H3,(H,17,20). The maximum Gasteiger partial charge on any atom is 0.248 e. The lowest BCUT2D eigenvalue weighted by Gasteiger charge is -2.28. The van der Waals surface area contributed by atoms with Crippen molar-refractivity contribution in [2.24, 2.45) is 7.05 Å². The van der Waals surface area contributed by atoms with Gasteiger partial charge in [0.15, 0.2) is 0 Å². The summed E-state index contributed by atoms with van der Waals surface area (Å²) in [6.45, 7) is 2.09. The Balaban J connectivity index is 1.83. The Morgan fingerprint density at radius 2 is 2.35 bits per heavy atom. The Kier molecular flexibility index (Phi) is 3.40. The second kappa shape index (κ2) is 5.20. The first kappa shape index (κ1) is 13.1. The summed E-state index contributed by atoms with van der Waals surface area (Å²) in [4.78, 5) is 14.4. The molecule has 1 aliphatic rings. The zero-order valence-electron chi connectivity index (χ0n) is 11.8. The second-order valence-corrected chi connectivity index (χ2v) is 5.39. The van der Waals surface area contributed by atoms with Crippen LogP contribution in [0.15, 0.2) is 23.3 Å². The highest BCUT2D eigenvalue weighted by Crippen LogP contribution is 2.29. The molecule has 20 heavy (non-hydrogen) atoms. The van der Waals surface area contributed by atoms with Crippen LogP contribution in [0.4, 0.5) is 0 Å². The van der Waals surface area contributed by atoms with E-state index in [1.165, 1.54) is 5.56 Å². The second-order valence-electron chi connectivity index (χ2n) is 5.39. The van der Waals surface area contributed by atoms with Crippen molar-refractivity contribution in [2.75, 3.05) is 0 Å². The summed E-state index contributed by atoms with van der Waals surface area (Å²) in [5, 5.41) is 11.7. The lowest BCUT2D eigenvalue weighted by molar-refractivity contribution is 0.397. The van der Waals surface area contributed by atoms with Gasteiger partial charge in [0.1, 0.15) is 12.2 Å². The largest absolute Gasteiger partial charge is 0.326 e. The number of aromatic amines is 1. The van der Waals surface area contributed by atoms with Crippen molar-refractivity contribution in [2.45, 2.75) is 38.3 Å². The van der Waals surface area contributed by atoms with Gasteiger partial charge in [-0.15, -0.1) is 10.2 Å². The van der Waals surface area contributed by atoms with E-state index in [-0.39, 0.29) is 17.6 Å². The van der Waals surface area contributed by atoms with Gasteiger partial charge in [0.2, 0.25) is 5.56 Å². The average Bonchev–Trinajstić information content (AvgIpc) is 2.85. The molecule has 6 heteroatoms. The SMILES string of the molecule is CC(NC1CCCc2[nH]c(=O)ccc21)c1nncn1C. The highest BCUT2D eigenvalue weighted by atomic mass is 16.1. The number of rotatable bonds is 3. The zero-order chi connectivity index (χ0) is 14.1. The summed E-state index contributed by atoms with van der Waals surface area (Å²) in [5.41, 5.74) is 2.24. The van der Waals surface area contributed by atoms with E-state index in [0.717, 1.165) is 30.8 Å². The monoisotopic (exact) mass is 273 g/mol. The Bertz CT molecular complexity index is 660. The first-order valence-corrected chi connectivity index (χ1v) is 6.97. The maximum absolute atomic E-state index is 11.4. The number of fused-ring (bicyclic) bond motifs is 1. The van der Waals surface area contributed by atoms with Crippen LogP contribution in [0.1, 0.15) is 48.9 Å². The molecule has 2 atom stereocenters. The third kappa shape index (κ3) is 2.38. The van der Waals surface area contributed by atoms with Crippen LogP contribution in [0.3, 0.4) is 0 Å². The number of hydrogen-bond acceptors (Lipinski definition) is 4. The van der Waals surface area contributed by atoms with E-state index in [0.29, 0.717) is 0 Å². The molecule has 3 rings (SSSR count). The topological polar surface area (TPSA) is 75.6 Å². The molecule has 2 heterocycles. The molecule has 0 fully saturated rings. The van der Waals surface area contributed by atoms with E-state index >= 15 is 0 Å². The van der Waals surface area contributed by atoms with E-state index in [4.69, 9.17) is 0 Å². The number of pyridine rings is 1. The smallest absolute Gasteiger partial charge is 0.248 e. The van der Waals surface area contributed by atoms with Crippen LogP contribution >= 0.6 is 0 Å². The van der Waals surface area contributed by atoms with Crippen molar-refractivity contribution in [1.82, 2.24) is 25.1 Å². The third-order valence-electron chi connectivity index (χ3n) is 3.92. The molecule has 0 aliphatic heterocycles. The van der Waals surface area contributed by atoms with Gasteiger partial charge in [-0.25, -0.2) is 0 Å². The molecule has 2 aromatic heterocycles. The minimum Gasteiger partial charge on any atom is -0.326 e. The van der Waals surface area contributed by atoms with E-state index in [2.05, 4.69) is 27.4 Å². The minimum atomic E-state index is -0.0225. The lowest BCUT2D eigenvalue weighted by Crippen LogP contribution is -2.30. The number of nitrogens with one attached hydrogen (secondary N) is 2. The molecule has 2 unspecified atom stereocenters. The molecule has 0 radical (unpaired) electrons. The Morgan fingerprint density at radius 1 is 1.50 bits per heavy atom. The first-order valence-electron chi connectivity index (χ1n) is 6.97. The van der Waals surface area contributed by atoms with Gasteiger partial charge in [0.05, 0.1) is 6.04 Å². The average molecular weight is 273 g/mol. The van der Waals surface area contributed by atoms with Gasteiger partial charge in [-0.3, -0.25) is 4.79 Å². The highest BCUT2D eigenvalue weighted by molar-refractivity contribution is 5.26. The van der Waals surface area contributed by atoms with Gasteiger partial charge in [-0.05, 0) is 31.7 Å². The molecule has 0 saturated carbocycles. The van der Waals surface area contributed by atoms with E-state index in [1.54, 1.807) is 12.4 Å². The molecular weight excluding hydrogens is 254 g/mol. The fourth-order valence-electron chi connectivity index (χ4n) is 2.93. The van der Waals surface area contributed by atoms with Crippen molar-refractivity contribution in [1.29, 1.82) is 0 Å². The van der Waals surface area contributed by atoms with Gasteiger partial charge in [0, 0.05) is 24.8 Å². The van der Waals surface area contributed by atoms with Crippen molar-refractivity contribution < 1.29 is 0 Å². The molecule has 6 nitrogen and oxygen atoms in total. The zero-order valence-corrected chi connectivity index (χ0v) is 11.8. The predicted molar refractivity (Wildman–Crippen MR) is 75.3 cm³/mol. The van der Waals surface area contributed by atoms with Crippen LogP contribution in [0.5, 0.6) is 0 Å². The van der Waals surface area contributed by atoms with E-state index in [1.807, 2.05) is 17.7 Å². The van der Waals surface area contributed by atoms with Crippen molar-refractivity contribution in [3.8, 4) is 0 Å². The highest BCUT2D eigenvalue weighted by Gasteiger charge is 2.23. The summed E-state index contributed by atoms with van der Waals surface area (Å²) < 4.78 is 1.92. The molecule has 0 spiro atoms. The van der Waals surface area contributed by atoms with Gasteiger partial charge < -0.3 is 14.9 Å². The first-order chi connectivity index (χ1) is 9.65. The normalized spacial score (nSPS) is 19.6. The van der Waals surface area contributed by atoms with E-state index in [9.17, 15) is 4.79 Å². The number of aromatic nitrogens is 4. The number of hydrogen-bond donors (Lipinski definition) is 2. The summed E-state index contributed by atoms with van der Waals surface area (Å²) >= 11 is 0. The molecule has 2 N–H and O–H groups in total. The molecule has 0 aromatic carbocycles. The molecule has 0 amide bonds. The Labute approximate surface area is 117 Å². The fraction of sp³-hybridized carbons (Fsp3) is 0.500. The summed E-state index contributed by atoms with van der Waals surface area (Å²) in [5.74, 6) is 0.918. The van der Waals surface area contributed by atoms with Crippen LogP contribution in [0.2, 0.25) is 0 Å². The van der Waals surface area contributed by atoms with E-state index < -0.39 is 0 Å². The quantitative estimate of drug-likeness (QED) is 0.882. The molecule has 106 valence electrons. The molecular formula is C14H19N5O.